The summed E-state index contributed by atoms with van der Waals surface area (Å²) in [6.45, 7) is 6.34. The van der Waals surface area contributed by atoms with E-state index in [1.54, 1.807) is 0 Å². The fourth-order valence-electron chi connectivity index (χ4n) is 4.04. The molecule has 0 unspecified atom stereocenters. The van der Waals surface area contributed by atoms with Crippen molar-refractivity contribution in [3.8, 4) is 0 Å². The zero-order chi connectivity index (χ0) is 19.2. The third kappa shape index (κ3) is 4.62. The second-order valence-corrected chi connectivity index (χ2v) is 7.61. The quantitative estimate of drug-likeness (QED) is 0.884. The highest BCUT2D eigenvalue weighted by Crippen LogP contribution is 2.28. The van der Waals surface area contributed by atoms with Crippen LogP contribution in [-0.4, -0.2) is 60.1 Å². The Balaban J connectivity index is 1.32. The molecule has 6 nitrogen and oxygen atoms in total. The average Bonchev–Trinajstić information content (AvgIpc) is 2.76. The van der Waals surface area contributed by atoms with E-state index in [9.17, 15) is 4.79 Å². The molecule has 0 radical (unpaired) electrons. The van der Waals surface area contributed by atoms with Crippen LogP contribution in [-0.2, 0) is 6.54 Å². The second-order valence-electron chi connectivity index (χ2n) is 7.61. The van der Waals surface area contributed by atoms with Crippen LogP contribution < -0.4 is 10.2 Å². The van der Waals surface area contributed by atoms with E-state index in [0.717, 1.165) is 57.2 Å². The van der Waals surface area contributed by atoms with Crippen LogP contribution in [0, 0.1) is 0 Å². The highest BCUT2D eigenvalue weighted by atomic mass is 16.2. The molecule has 2 aliphatic rings. The van der Waals surface area contributed by atoms with Crippen molar-refractivity contribution >= 4 is 17.4 Å². The summed E-state index contributed by atoms with van der Waals surface area (Å²) < 4.78 is 0. The average molecular weight is 380 g/mol. The fraction of sp³-hybridized carbons (Fsp3) is 0.455. The second kappa shape index (κ2) is 9.06. The lowest BCUT2D eigenvalue weighted by molar-refractivity contribution is 0.143. The van der Waals surface area contributed by atoms with Crippen LogP contribution in [0.5, 0.6) is 0 Å². The van der Waals surface area contributed by atoms with Crippen molar-refractivity contribution in [2.24, 2.45) is 0 Å². The SMILES string of the molecule is O=C(Nc1ccccc1N1CCCCC1)N1CCN(Cc2ccncc2)CC1. The van der Waals surface area contributed by atoms with Crippen LogP contribution in [0.25, 0.3) is 0 Å². The Kier molecular flexibility index (Phi) is 6.07. The lowest BCUT2D eigenvalue weighted by atomic mass is 10.1. The summed E-state index contributed by atoms with van der Waals surface area (Å²) in [7, 11) is 0. The Hall–Kier alpha value is -2.60. The minimum Gasteiger partial charge on any atom is -0.370 e. The molecule has 1 aromatic carbocycles. The van der Waals surface area contributed by atoms with E-state index < -0.39 is 0 Å². The maximum absolute atomic E-state index is 12.8. The molecule has 1 N–H and O–H groups in total. The Morgan fingerprint density at radius 1 is 0.893 bits per heavy atom. The first-order valence-corrected chi connectivity index (χ1v) is 10.3. The van der Waals surface area contributed by atoms with Gasteiger partial charge in [-0.3, -0.25) is 9.88 Å². The molecule has 2 saturated heterocycles. The van der Waals surface area contributed by atoms with E-state index in [1.165, 1.54) is 24.8 Å². The normalized spacial score (nSPS) is 18.1. The molecule has 0 saturated carbocycles. The number of hydrogen-bond donors (Lipinski definition) is 1. The number of amides is 2. The number of hydrogen-bond acceptors (Lipinski definition) is 4. The number of piperidine rings is 1. The van der Waals surface area contributed by atoms with Gasteiger partial charge in [0.05, 0.1) is 11.4 Å². The maximum Gasteiger partial charge on any atom is 0.321 e. The molecule has 0 spiro atoms. The number of anilines is 2. The van der Waals surface area contributed by atoms with Gasteiger partial charge >= 0.3 is 6.03 Å². The highest BCUT2D eigenvalue weighted by molar-refractivity contribution is 5.93. The van der Waals surface area contributed by atoms with E-state index in [4.69, 9.17) is 0 Å². The smallest absolute Gasteiger partial charge is 0.321 e. The standard InChI is InChI=1S/C22H29N5O/c28-22(24-20-6-2-3-7-21(20)26-12-4-1-5-13-26)27-16-14-25(15-17-27)18-19-8-10-23-11-9-19/h2-3,6-11H,1,4-5,12-18H2,(H,24,28). The summed E-state index contributed by atoms with van der Waals surface area (Å²) in [5.41, 5.74) is 3.34. The molecule has 28 heavy (non-hydrogen) atoms. The molecule has 2 amide bonds. The summed E-state index contributed by atoms with van der Waals surface area (Å²) in [6, 6.07) is 12.3. The van der Waals surface area contributed by atoms with Gasteiger partial charge in [0.2, 0.25) is 0 Å². The first-order valence-electron chi connectivity index (χ1n) is 10.3. The van der Waals surface area contributed by atoms with Crippen molar-refractivity contribution < 1.29 is 4.79 Å². The van der Waals surface area contributed by atoms with Gasteiger partial charge in [-0.2, -0.15) is 0 Å². The number of piperazine rings is 1. The minimum absolute atomic E-state index is 0.00743. The summed E-state index contributed by atoms with van der Waals surface area (Å²) in [5.74, 6) is 0. The molecular formula is C22H29N5O. The van der Waals surface area contributed by atoms with Crippen molar-refractivity contribution in [2.75, 3.05) is 49.5 Å². The fourth-order valence-corrected chi connectivity index (χ4v) is 4.04. The van der Waals surface area contributed by atoms with Crippen LogP contribution in [0.4, 0.5) is 16.2 Å². The van der Waals surface area contributed by atoms with Gasteiger partial charge < -0.3 is 15.1 Å². The van der Waals surface area contributed by atoms with Crippen molar-refractivity contribution in [1.82, 2.24) is 14.8 Å². The number of rotatable bonds is 4. The maximum atomic E-state index is 12.8. The van der Waals surface area contributed by atoms with Crippen LogP contribution in [0.2, 0.25) is 0 Å². The predicted octanol–water partition coefficient (Wildman–Crippen LogP) is 3.42. The monoisotopic (exact) mass is 379 g/mol. The van der Waals surface area contributed by atoms with Gasteiger partial charge in [0, 0.05) is 58.2 Å². The Morgan fingerprint density at radius 2 is 1.61 bits per heavy atom. The van der Waals surface area contributed by atoms with Crippen molar-refractivity contribution in [3.05, 3.63) is 54.4 Å². The van der Waals surface area contributed by atoms with Gasteiger partial charge in [-0.15, -0.1) is 0 Å². The lowest BCUT2D eigenvalue weighted by Crippen LogP contribution is -2.49. The highest BCUT2D eigenvalue weighted by Gasteiger charge is 2.22. The van der Waals surface area contributed by atoms with E-state index in [2.05, 4.69) is 44.4 Å². The molecule has 6 heteroatoms. The minimum atomic E-state index is 0.00743. The predicted molar refractivity (Wildman–Crippen MR) is 113 cm³/mol. The van der Waals surface area contributed by atoms with Crippen molar-refractivity contribution in [2.45, 2.75) is 25.8 Å². The number of carbonyl (C=O) groups is 1. The van der Waals surface area contributed by atoms with Crippen molar-refractivity contribution in [1.29, 1.82) is 0 Å². The summed E-state index contributed by atoms with van der Waals surface area (Å²) in [4.78, 5) is 23.6. The number of urea groups is 1. The zero-order valence-corrected chi connectivity index (χ0v) is 16.4. The molecule has 4 rings (SSSR count). The van der Waals surface area contributed by atoms with Gasteiger partial charge in [-0.05, 0) is 49.1 Å². The third-order valence-electron chi connectivity index (χ3n) is 5.66. The topological polar surface area (TPSA) is 51.7 Å². The number of aromatic nitrogens is 1. The van der Waals surface area contributed by atoms with Gasteiger partial charge in [0.15, 0.2) is 0 Å². The molecule has 1 aromatic heterocycles. The molecule has 3 heterocycles. The molecule has 2 aromatic rings. The Bertz CT molecular complexity index is 768. The van der Waals surface area contributed by atoms with Crippen LogP contribution >= 0.6 is 0 Å². The van der Waals surface area contributed by atoms with Gasteiger partial charge in [0.1, 0.15) is 0 Å². The largest absolute Gasteiger partial charge is 0.370 e. The molecule has 0 bridgehead atoms. The molecule has 0 aliphatic carbocycles. The van der Waals surface area contributed by atoms with E-state index in [1.807, 2.05) is 29.4 Å². The van der Waals surface area contributed by atoms with E-state index in [-0.39, 0.29) is 6.03 Å². The third-order valence-corrected chi connectivity index (χ3v) is 5.66. The summed E-state index contributed by atoms with van der Waals surface area (Å²) >= 11 is 0. The molecule has 0 atom stereocenters. The lowest BCUT2D eigenvalue weighted by Gasteiger charge is -2.35. The Morgan fingerprint density at radius 3 is 2.36 bits per heavy atom. The summed E-state index contributed by atoms with van der Waals surface area (Å²) in [5, 5.41) is 3.16. The van der Waals surface area contributed by atoms with Crippen LogP contribution in [0.15, 0.2) is 48.8 Å². The Labute approximate surface area is 167 Å². The number of carbonyl (C=O) groups excluding carboxylic acids is 1. The van der Waals surface area contributed by atoms with Crippen LogP contribution in [0.3, 0.4) is 0 Å². The number of nitrogens with one attached hydrogen (secondary N) is 1. The van der Waals surface area contributed by atoms with Gasteiger partial charge in [0.25, 0.3) is 0 Å². The number of benzene rings is 1. The first-order chi connectivity index (χ1) is 13.8. The van der Waals surface area contributed by atoms with E-state index >= 15 is 0 Å². The summed E-state index contributed by atoms with van der Waals surface area (Å²) in [6.07, 6.45) is 7.41. The number of para-hydroxylation sites is 2. The molecule has 2 aliphatic heterocycles. The van der Waals surface area contributed by atoms with E-state index in [0.29, 0.717) is 0 Å². The number of pyridine rings is 1. The van der Waals surface area contributed by atoms with Crippen LogP contribution in [0.1, 0.15) is 24.8 Å². The van der Waals surface area contributed by atoms with Gasteiger partial charge in [-0.1, -0.05) is 12.1 Å². The zero-order valence-electron chi connectivity index (χ0n) is 16.4. The van der Waals surface area contributed by atoms with Crippen molar-refractivity contribution in [3.63, 3.8) is 0 Å². The molecule has 2 fully saturated rings. The first kappa shape index (κ1) is 18.7. The molecule has 148 valence electrons. The molecular weight excluding hydrogens is 350 g/mol. The number of nitrogens with zero attached hydrogens (tertiary/aromatic N) is 4. The van der Waals surface area contributed by atoms with Gasteiger partial charge in [-0.25, -0.2) is 4.79 Å².